The van der Waals surface area contributed by atoms with E-state index in [1.54, 1.807) is 42.5 Å². The van der Waals surface area contributed by atoms with Gasteiger partial charge in [0.25, 0.3) is 17.7 Å². The first-order chi connectivity index (χ1) is 17.7. The molecular weight excluding hydrogens is 494 g/mol. The lowest BCUT2D eigenvalue weighted by molar-refractivity contribution is -0.120. The molecule has 37 heavy (non-hydrogen) atoms. The monoisotopic (exact) mass is 519 g/mol. The van der Waals surface area contributed by atoms with Gasteiger partial charge in [-0.1, -0.05) is 43.6 Å². The fraction of sp³-hybridized carbons (Fsp3) is 0.179. The Morgan fingerprint density at radius 1 is 0.919 bits per heavy atom. The maximum absolute atomic E-state index is 13.2. The van der Waals surface area contributed by atoms with Gasteiger partial charge in [-0.05, 0) is 53.9 Å². The van der Waals surface area contributed by atoms with Crippen molar-refractivity contribution < 1.29 is 23.9 Å². The first-order valence-corrected chi connectivity index (χ1v) is 11.9. The number of halogens is 1. The van der Waals surface area contributed by atoms with Crippen molar-refractivity contribution in [3.63, 3.8) is 0 Å². The topological polar surface area (TPSA) is 97.0 Å². The van der Waals surface area contributed by atoms with E-state index in [4.69, 9.17) is 21.1 Å². The second-order valence-electron chi connectivity index (χ2n) is 8.57. The zero-order valence-corrected chi connectivity index (χ0v) is 21.6. The smallest absolute Gasteiger partial charge is 0.283 e. The summed E-state index contributed by atoms with van der Waals surface area (Å²) in [5, 5.41) is 5.60. The molecule has 0 saturated heterocycles. The lowest BCUT2D eigenvalue weighted by atomic mass is 10.0. The quantitative estimate of drug-likeness (QED) is 0.381. The number of amides is 3. The van der Waals surface area contributed by atoms with Crippen molar-refractivity contribution in [2.24, 2.45) is 0 Å². The van der Waals surface area contributed by atoms with Gasteiger partial charge in [-0.3, -0.25) is 14.4 Å². The zero-order valence-electron chi connectivity index (χ0n) is 20.8. The Hall–Kier alpha value is -4.30. The molecule has 0 bridgehead atoms. The van der Waals surface area contributed by atoms with Crippen LogP contribution < -0.4 is 25.0 Å². The van der Waals surface area contributed by atoms with Gasteiger partial charge in [0, 0.05) is 23.0 Å². The summed E-state index contributed by atoms with van der Waals surface area (Å²) >= 11 is 6.26. The van der Waals surface area contributed by atoms with Crippen molar-refractivity contribution in [3.8, 4) is 11.5 Å². The summed E-state index contributed by atoms with van der Waals surface area (Å²) in [5.74, 6) is -0.537. The van der Waals surface area contributed by atoms with Crippen LogP contribution in [-0.2, 0) is 9.59 Å². The Morgan fingerprint density at radius 2 is 1.62 bits per heavy atom. The third kappa shape index (κ3) is 5.15. The highest BCUT2D eigenvalue weighted by Gasteiger charge is 2.40. The number of rotatable bonds is 8. The van der Waals surface area contributed by atoms with Gasteiger partial charge in [-0.25, -0.2) is 4.90 Å². The van der Waals surface area contributed by atoms with E-state index in [1.807, 2.05) is 24.3 Å². The highest BCUT2D eigenvalue weighted by molar-refractivity contribution is 6.53. The predicted molar refractivity (Wildman–Crippen MR) is 143 cm³/mol. The number of hydrogen-bond acceptors (Lipinski definition) is 6. The van der Waals surface area contributed by atoms with E-state index in [-0.39, 0.29) is 34.0 Å². The molecule has 1 aliphatic heterocycles. The SMILES string of the molecule is COc1ccc(N2C(=O)C(Cl)=C(Nc3ccc(C(=O)Nc4ccccc4C(C)C)cc3)C2=O)c(OC)c1. The van der Waals surface area contributed by atoms with Gasteiger partial charge in [0.2, 0.25) is 0 Å². The van der Waals surface area contributed by atoms with Crippen LogP contribution in [0.4, 0.5) is 17.1 Å². The molecule has 2 N–H and O–H groups in total. The maximum Gasteiger partial charge on any atom is 0.283 e. The van der Waals surface area contributed by atoms with Crippen LogP contribution >= 0.6 is 11.6 Å². The van der Waals surface area contributed by atoms with Crippen molar-refractivity contribution in [2.75, 3.05) is 29.8 Å². The normalized spacial score (nSPS) is 13.3. The Labute approximate surface area is 219 Å². The van der Waals surface area contributed by atoms with Crippen LogP contribution in [0.25, 0.3) is 0 Å². The second kappa shape index (κ2) is 10.8. The first kappa shape index (κ1) is 25.8. The molecule has 0 spiro atoms. The molecule has 3 amide bonds. The second-order valence-corrected chi connectivity index (χ2v) is 8.95. The third-order valence-corrected chi connectivity index (χ3v) is 6.25. The molecule has 0 saturated carbocycles. The van der Waals surface area contributed by atoms with Crippen LogP contribution in [0.2, 0.25) is 0 Å². The molecule has 0 atom stereocenters. The Bertz CT molecular complexity index is 1400. The molecule has 0 fully saturated rings. The standard InChI is InChI=1S/C28H26ClN3O5/c1-16(2)20-7-5-6-8-21(20)31-26(33)17-9-11-18(12-10-17)30-25-24(29)27(34)32(28(25)35)22-14-13-19(36-3)15-23(22)37-4/h5-16,30H,1-4H3,(H,31,33). The number of hydrogen-bond donors (Lipinski definition) is 2. The zero-order chi connectivity index (χ0) is 26.7. The summed E-state index contributed by atoms with van der Waals surface area (Å²) in [6.07, 6.45) is 0. The van der Waals surface area contributed by atoms with Crippen LogP contribution in [0.15, 0.2) is 77.5 Å². The first-order valence-electron chi connectivity index (χ1n) is 11.5. The Kier molecular flexibility index (Phi) is 7.50. The Morgan fingerprint density at radius 3 is 2.27 bits per heavy atom. The molecule has 8 nitrogen and oxygen atoms in total. The number of benzene rings is 3. The molecule has 0 radical (unpaired) electrons. The predicted octanol–water partition coefficient (Wildman–Crippen LogP) is 5.52. The van der Waals surface area contributed by atoms with E-state index in [9.17, 15) is 14.4 Å². The lowest BCUT2D eigenvalue weighted by Gasteiger charge is -2.18. The van der Waals surface area contributed by atoms with E-state index in [1.165, 1.54) is 14.2 Å². The lowest BCUT2D eigenvalue weighted by Crippen LogP contribution is -2.32. The maximum atomic E-state index is 13.2. The number of methoxy groups -OCH3 is 2. The average Bonchev–Trinajstić information content (AvgIpc) is 3.11. The average molecular weight is 520 g/mol. The van der Waals surface area contributed by atoms with Crippen molar-refractivity contribution in [2.45, 2.75) is 19.8 Å². The molecule has 1 heterocycles. The summed E-state index contributed by atoms with van der Waals surface area (Å²) < 4.78 is 10.5. The number of nitrogens with one attached hydrogen (secondary N) is 2. The number of ether oxygens (including phenoxy) is 2. The summed E-state index contributed by atoms with van der Waals surface area (Å²) in [4.78, 5) is 39.8. The number of carbonyl (C=O) groups is 3. The van der Waals surface area contributed by atoms with Gasteiger partial charge in [0.05, 0.1) is 19.9 Å². The summed E-state index contributed by atoms with van der Waals surface area (Å²) in [6, 6.07) is 18.9. The van der Waals surface area contributed by atoms with Crippen molar-refractivity contribution in [1.82, 2.24) is 0 Å². The molecule has 4 rings (SSSR count). The van der Waals surface area contributed by atoms with Crippen LogP contribution in [0, 0.1) is 0 Å². The number of carbonyl (C=O) groups excluding carboxylic acids is 3. The third-order valence-electron chi connectivity index (χ3n) is 5.90. The van der Waals surface area contributed by atoms with E-state index in [2.05, 4.69) is 24.5 Å². The highest BCUT2D eigenvalue weighted by atomic mass is 35.5. The van der Waals surface area contributed by atoms with Gasteiger partial charge < -0.3 is 20.1 Å². The van der Waals surface area contributed by atoms with E-state index in [0.717, 1.165) is 16.2 Å². The number of anilines is 3. The van der Waals surface area contributed by atoms with E-state index < -0.39 is 11.8 Å². The Balaban J connectivity index is 1.51. The molecule has 0 unspecified atom stereocenters. The van der Waals surface area contributed by atoms with E-state index >= 15 is 0 Å². The molecule has 1 aliphatic rings. The minimum Gasteiger partial charge on any atom is -0.497 e. The van der Waals surface area contributed by atoms with Crippen molar-refractivity contribution >= 4 is 46.4 Å². The van der Waals surface area contributed by atoms with Crippen LogP contribution in [-0.4, -0.2) is 31.9 Å². The molecule has 190 valence electrons. The number of imide groups is 1. The fourth-order valence-electron chi connectivity index (χ4n) is 3.96. The van der Waals surface area contributed by atoms with Crippen LogP contribution in [0.3, 0.4) is 0 Å². The highest BCUT2D eigenvalue weighted by Crippen LogP contribution is 2.37. The molecule has 9 heteroatoms. The van der Waals surface area contributed by atoms with Gasteiger partial charge in [0.15, 0.2) is 0 Å². The largest absolute Gasteiger partial charge is 0.497 e. The molecule has 0 aromatic heterocycles. The van der Waals surface area contributed by atoms with Crippen LogP contribution in [0.5, 0.6) is 11.5 Å². The fourth-order valence-corrected chi connectivity index (χ4v) is 4.17. The van der Waals surface area contributed by atoms with Gasteiger partial charge in [-0.15, -0.1) is 0 Å². The van der Waals surface area contributed by atoms with Gasteiger partial charge in [-0.2, -0.15) is 0 Å². The van der Waals surface area contributed by atoms with Crippen molar-refractivity contribution in [1.29, 1.82) is 0 Å². The van der Waals surface area contributed by atoms with Crippen LogP contribution in [0.1, 0.15) is 35.7 Å². The van der Waals surface area contributed by atoms with Gasteiger partial charge in [0.1, 0.15) is 22.2 Å². The van der Waals surface area contributed by atoms with Gasteiger partial charge >= 0.3 is 0 Å². The minimum absolute atomic E-state index is 0.0763. The van der Waals surface area contributed by atoms with E-state index in [0.29, 0.717) is 17.0 Å². The summed E-state index contributed by atoms with van der Waals surface area (Å²) in [5.41, 5.74) is 2.87. The molecule has 0 aliphatic carbocycles. The number of nitrogens with zero attached hydrogens (tertiary/aromatic N) is 1. The minimum atomic E-state index is -0.683. The molecule has 3 aromatic rings. The molecular formula is C28H26ClN3O5. The summed E-state index contributed by atoms with van der Waals surface area (Å²) in [7, 11) is 2.93. The molecule has 3 aromatic carbocycles. The number of para-hydroxylation sites is 1. The van der Waals surface area contributed by atoms with Crippen molar-refractivity contribution in [3.05, 3.63) is 88.6 Å². The summed E-state index contributed by atoms with van der Waals surface area (Å²) in [6.45, 7) is 4.12.